The fourth-order valence-electron chi connectivity index (χ4n) is 17.8. The number of aliphatic hydroxyl groups excluding tert-OH is 30. The number of aliphatic hydroxyl groups is 30. The summed E-state index contributed by atoms with van der Waals surface area (Å²) in [6.07, 6.45) is -109. The maximum absolute atomic E-state index is 13.4. The summed E-state index contributed by atoms with van der Waals surface area (Å²) < 4.78 is 126. The Labute approximate surface area is 775 Å². The first-order chi connectivity index (χ1) is 64.9. The molecule has 11 saturated heterocycles. The van der Waals surface area contributed by atoms with Crippen molar-refractivity contribution >= 4 is 29.5 Å². The molecule has 11 rings (SSSR count). The minimum Gasteiger partial charge on any atom is -0.394 e. The van der Waals surface area contributed by atoms with Crippen LogP contribution in [0.15, 0.2) is 0 Å². The van der Waals surface area contributed by atoms with Crippen LogP contribution in [0.3, 0.4) is 0 Å². The normalized spacial score (nSPS) is 48.9. The van der Waals surface area contributed by atoms with E-state index in [4.69, 9.17) is 99.5 Å². The van der Waals surface area contributed by atoms with E-state index in [9.17, 15) is 177 Å². The van der Waals surface area contributed by atoms with Crippen LogP contribution < -0.4 is 26.6 Å². The van der Waals surface area contributed by atoms with E-state index in [0.29, 0.717) is 0 Å². The van der Waals surface area contributed by atoms with Gasteiger partial charge >= 0.3 is 0 Å². The van der Waals surface area contributed by atoms with E-state index in [-0.39, 0.29) is 0 Å². The Kier molecular flexibility index (Phi) is 40.7. The molecule has 0 aromatic carbocycles. The summed E-state index contributed by atoms with van der Waals surface area (Å²) in [7, 11) is 0. The highest BCUT2D eigenvalue weighted by Crippen LogP contribution is 2.42. The molecule has 0 radical (unpaired) electrons. The molecule has 61 nitrogen and oxygen atoms in total. The third-order valence-electron chi connectivity index (χ3n) is 25.0. The molecule has 61 heteroatoms. The van der Waals surface area contributed by atoms with E-state index >= 15 is 0 Å². The Bertz CT molecular complexity index is 3780. The van der Waals surface area contributed by atoms with Gasteiger partial charge in [-0.25, -0.2) is 0 Å². The molecule has 0 aromatic rings. The van der Waals surface area contributed by atoms with Gasteiger partial charge in [0.05, 0.1) is 72.7 Å². The van der Waals surface area contributed by atoms with Crippen LogP contribution in [0.25, 0.3) is 0 Å². The lowest BCUT2D eigenvalue weighted by Gasteiger charge is -2.52. The van der Waals surface area contributed by atoms with Crippen LogP contribution in [0.2, 0.25) is 0 Å². The van der Waals surface area contributed by atoms with Gasteiger partial charge in [-0.3, -0.25) is 24.0 Å². The molecular weight excluding hydrogens is 1880 g/mol. The van der Waals surface area contributed by atoms with Crippen molar-refractivity contribution in [2.45, 2.75) is 372 Å². The molecule has 55 atom stereocenters. The number of hydrogen-bond acceptors (Lipinski definition) is 56. The Balaban J connectivity index is 0.983. The number of hydrogen-bond donors (Lipinski definition) is 35. The largest absolute Gasteiger partial charge is 0.394 e. The second-order valence-electron chi connectivity index (χ2n) is 34.5. The van der Waals surface area contributed by atoms with Crippen molar-refractivity contribution in [2.75, 3.05) is 72.7 Å². The molecule has 11 heterocycles. The lowest BCUT2D eigenvalue weighted by atomic mass is 9.93. The third-order valence-corrected chi connectivity index (χ3v) is 25.0. The second kappa shape index (κ2) is 49.5. The molecule has 11 aliphatic heterocycles. The van der Waals surface area contributed by atoms with Gasteiger partial charge in [-0.1, -0.05) is 0 Å². The Hall–Kier alpha value is -4.69. The summed E-state index contributed by atoms with van der Waals surface area (Å²) in [5.74, 6) is -4.90. The highest BCUT2D eigenvalue weighted by atomic mass is 16.8. The van der Waals surface area contributed by atoms with E-state index in [0.717, 1.165) is 34.6 Å². The third kappa shape index (κ3) is 25.0. The summed E-state index contributed by atoms with van der Waals surface area (Å²) in [5.41, 5.74) is 0. The number of amides is 5. The monoisotopic (exact) mass is 2010 g/mol. The van der Waals surface area contributed by atoms with E-state index in [2.05, 4.69) is 26.6 Å². The van der Waals surface area contributed by atoms with Crippen molar-refractivity contribution < 1.29 is 277 Å². The van der Waals surface area contributed by atoms with E-state index < -0.39 is 440 Å². The van der Waals surface area contributed by atoms with Crippen molar-refractivity contribution in [3.05, 3.63) is 0 Å². The first kappa shape index (κ1) is 113. The lowest BCUT2D eigenvalue weighted by Crippen LogP contribution is -2.71. The lowest BCUT2D eigenvalue weighted by molar-refractivity contribution is -0.406. The molecule has 0 saturated carbocycles. The Morgan fingerprint density at radius 1 is 0.190 bits per heavy atom. The number of nitrogens with one attached hydrogen (secondary N) is 5. The predicted octanol–water partition coefficient (Wildman–Crippen LogP) is -24.3. The first-order valence-corrected chi connectivity index (χ1v) is 43.7. The predicted molar refractivity (Wildman–Crippen MR) is 420 cm³/mol. The van der Waals surface area contributed by atoms with E-state index in [1.54, 1.807) is 0 Å². The zero-order valence-corrected chi connectivity index (χ0v) is 73.6. The van der Waals surface area contributed by atoms with Crippen LogP contribution >= 0.6 is 0 Å². The molecule has 0 aromatic heterocycles. The van der Waals surface area contributed by atoms with Gasteiger partial charge in [0.25, 0.3) is 0 Å². The molecule has 35 N–H and O–H groups in total. The minimum absolute atomic E-state index is 0.830. The fraction of sp³-hybridized carbons (Fsp3) is 0.934. The summed E-state index contributed by atoms with van der Waals surface area (Å²) in [4.78, 5) is 65.2. The number of ether oxygens (including phenoxy) is 21. The van der Waals surface area contributed by atoms with Crippen molar-refractivity contribution in [1.82, 2.24) is 26.6 Å². The van der Waals surface area contributed by atoms with Crippen molar-refractivity contribution in [3.8, 4) is 0 Å². The summed E-state index contributed by atoms with van der Waals surface area (Å²) in [6, 6.07) is -9.91. The maximum atomic E-state index is 13.4. The second-order valence-corrected chi connectivity index (χ2v) is 34.5. The number of rotatable bonds is 36. The first-order valence-electron chi connectivity index (χ1n) is 43.7. The molecular formula is C76H127N5O56. The van der Waals surface area contributed by atoms with Gasteiger partial charge in [0, 0.05) is 34.6 Å². The topological polar surface area (TPSA) is 946 Å². The smallest absolute Gasteiger partial charge is 0.217 e. The van der Waals surface area contributed by atoms with Crippen LogP contribution in [0.5, 0.6) is 0 Å². The minimum atomic E-state index is -2.75. The van der Waals surface area contributed by atoms with Gasteiger partial charge in [0.2, 0.25) is 29.5 Å². The van der Waals surface area contributed by atoms with Gasteiger partial charge in [-0.15, -0.1) is 0 Å². The summed E-state index contributed by atoms with van der Waals surface area (Å²) in [6.45, 7) is -8.38. The van der Waals surface area contributed by atoms with Gasteiger partial charge in [0.15, 0.2) is 69.2 Å². The Morgan fingerprint density at radius 3 is 0.701 bits per heavy atom. The molecule has 11 aliphatic rings. The number of carbonyl (C=O) groups is 5. The zero-order valence-electron chi connectivity index (χ0n) is 73.6. The van der Waals surface area contributed by atoms with Gasteiger partial charge in [-0.05, 0) is 0 Å². The van der Waals surface area contributed by atoms with Crippen molar-refractivity contribution in [2.24, 2.45) is 0 Å². The van der Waals surface area contributed by atoms with E-state index in [1.807, 2.05) is 0 Å². The zero-order chi connectivity index (χ0) is 101. The van der Waals surface area contributed by atoms with Gasteiger partial charge in [-0.2, -0.15) is 0 Å². The summed E-state index contributed by atoms with van der Waals surface area (Å²) in [5, 5.41) is 350. The van der Waals surface area contributed by atoms with Gasteiger partial charge in [0.1, 0.15) is 268 Å². The SMILES string of the molecule is CC(=O)N[C@@H]1[C@@H](O)[C@H](O[C@@H]2O[C@H](CO)[C@@H](O[C@H]3O[C@H](CO[C@H]4O[C@H](CO)[C@@H](O)[C@H](O)[C@@H]4O[C@@H]4O[C@H](CO)[C@@H](O[C@@H]5O[C@H](CO)[C@H](O)[C@H](O)[C@H]5O)[C@H](O)[C@H]4NC(C)=O)[C@@H](O)[C@H](O[C@H]4O[C@H](CO)[C@@H](O[C@@H]5O[C@H](CO)[C@@H](O[C@@H]6O[C@H](CO)[C@H](O)[C@H](O)[C@H]6O)[C@H](O)[C@H]5NC(C)=O)[C@H](O)[C@@H]4O[C@@H]4O[C@H](CO)[C@@H](O[C@@H]5O[C@H](CO)[C@H](O)[C@H](O)[C@H]5O)[C@H](O)[C@H]4NC(C)=O)[C@@H]3O)[C@H](O)[C@H]2NC(C)=O)[C@@H](CO)O[C@H]1O. The maximum Gasteiger partial charge on any atom is 0.217 e. The molecule has 0 unspecified atom stereocenters. The highest BCUT2D eigenvalue weighted by Gasteiger charge is 2.63. The van der Waals surface area contributed by atoms with Crippen LogP contribution in [-0.4, -0.2) is 593 Å². The summed E-state index contributed by atoms with van der Waals surface area (Å²) >= 11 is 0. The number of carbonyl (C=O) groups excluding carboxylic acids is 5. The fourth-order valence-corrected chi connectivity index (χ4v) is 17.8. The van der Waals surface area contributed by atoms with Crippen molar-refractivity contribution in [1.29, 1.82) is 0 Å². The Morgan fingerprint density at radius 2 is 0.401 bits per heavy atom. The molecule has 11 fully saturated rings. The van der Waals surface area contributed by atoms with Crippen molar-refractivity contribution in [3.63, 3.8) is 0 Å². The molecule has 0 bridgehead atoms. The molecule has 137 heavy (non-hydrogen) atoms. The van der Waals surface area contributed by atoms with Crippen LogP contribution in [0.1, 0.15) is 34.6 Å². The van der Waals surface area contributed by atoms with Gasteiger partial charge < -0.3 is 279 Å². The molecule has 792 valence electrons. The molecule has 0 spiro atoms. The standard InChI is InChI=1S/C76H127N5O56/c1-17(92)77-33-43(102)57(26(10-86)118-66(33)116)129-67-34(78-18(2)93)45(104)61(30(14-90)123-67)134-74-56(115)63(42(101)32(128-74)16-117-75-64(51(110)41(100)25(9-85)122-75)136-69-36(80-20(4)95)46(105)59(28(12-88)125-69)132-72-53(112)49(108)39(98)23(7-83)120-72)135-76-65(137-70-37(81-21(5)96)47(106)60(29(13-89)126-70)133-73-54(113)50(109)40(99)24(8-84)121-73)55(114)62(31(15-91)127-76)130-68-35(79-19(3)94)44(103)58(27(11-87)124-68)131-71-52(111)48(107)38(97)22(6-82)119-71/h22-76,82-91,97-116H,6-16H2,1-5H3,(H,77,92)(H,78,93)(H,79,94)(H,80,95)(H,81,96)/t22-,23-,24-,25-,26-,27-,28-,29-,30-,31-,32-,33-,34-,35-,36-,37-,38+,39+,40+,41-,42-,43-,44-,45-,46-,47-,48+,49+,50+,51+,52-,53-,54-,55+,56+,57-,58-,59-,60-,61-,62-,63+,64+,65+,66-,67+,68+,69+,70+,71+,72+,73+,74-,75+,76-/m1/s1. The van der Waals surface area contributed by atoms with Crippen LogP contribution in [0, 0.1) is 0 Å². The highest BCUT2D eigenvalue weighted by molar-refractivity contribution is 5.75. The average molecular weight is 2010 g/mol. The molecule has 0 aliphatic carbocycles. The quantitative estimate of drug-likeness (QED) is 0.0277. The molecule has 5 amide bonds. The van der Waals surface area contributed by atoms with E-state index in [1.165, 1.54) is 0 Å². The average Bonchev–Trinajstić information content (AvgIpc) is 0.762. The van der Waals surface area contributed by atoms with Crippen LogP contribution in [-0.2, 0) is 123 Å². The van der Waals surface area contributed by atoms with Crippen LogP contribution in [0.4, 0.5) is 0 Å².